The van der Waals surface area contributed by atoms with Crippen molar-refractivity contribution in [2.75, 3.05) is 45.2 Å². The van der Waals surface area contributed by atoms with Crippen LogP contribution in [0.3, 0.4) is 0 Å². The fourth-order valence-electron chi connectivity index (χ4n) is 2.39. The molecule has 0 amide bonds. The highest BCUT2D eigenvalue weighted by molar-refractivity contribution is 8.77. The van der Waals surface area contributed by atoms with Gasteiger partial charge in [0.25, 0.3) is 0 Å². The second-order valence-corrected chi connectivity index (χ2v) is 8.04. The molecule has 0 spiro atoms. The van der Waals surface area contributed by atoms with E-state index in [1.807, 2.05) is 21.6 Å². The Morgan fingerprint density at radius 3 is 2.90 bits per heavy atom. The van der Waals surface area contributed by atoms with Crippen molar-refractivity contribution in [1.82, 2.24) is 4.90 Å². The van der Waals surface area contributed by atoms with Crippen LogP contribution in [-0.2, 0) is 14.3 Å². The van der Waals surface area contributed by atoms with E-state index in [-0.39, 0.29) is 5.97 Å². The summed E-state index contributed by atoms with van der Waals surface area (Å²) in [5, 5.41) is 0.817. The normalized spacial score (nSPS) is 23.9. The lowest BCUT2D eigenvalue weighted by Gasteiger charge is -2.26. The first-order chi connectivity index (χ1) is 9.84. The molecule has 0 aromatic rings. The summed E-state index contributed by atoms with van der Waals surface area (Å²) in [6, 6.07) is 0. The molecule has 20 heavy (non-hydrogen) atoms. The second-order valence-electron chi connectivity index (χ2n) is 5.25. The van der Waals surface area contributed by atoms with Gasteiger partial charge in [-0.1, -0.05) is 28.0 Å². The van der Waals surface area contributed by atoms with Crippen LogP contribution in [0.4, 0.5) is 0 Å². The summed E-state index contributed by atoms with van der Waals surface area (Å²) in [6.07, 6.45) is 5.28. The maximum atomic E-state index is 11.6. The first-order valence-electron chi connectivity index (χ1n) is 7.58. The molecule has 0 saturated carbocycles. The van der Waals surface area contributed by atoms with E-state index in [2.05, 4.69) is 4.90 Å². The number of ether oxygens (including phenoxy) is 2. The van der Waals surface area contributed by atoms with Crippen LogP contribution < -0.4 is 0 Å². The average molecular weight is 319 g/mol. The van der Waals surface area contributed by atoms with Crippen LogP contribution in [0.25, 0.3) is 0 Å². The third-order valence-electron chi connectivity index (χ3n) is 3.66. The number of morpholine rings is 1. The molecule has 2 aliphatic rings. The van der Waals surface area contributed by atoms with Crippen LogP contribution in [0, 0.1) is 0 Å². The monoisotopic (exact) mass is 319 g/mol. The minimum absolute atomic E-state index is 0.0355. The van der Waals surface area contributed by atoms with Gasteiger partial charge in [-0.15, -0.1) is 0 Å². The fraction of sp³-hybridized carbons (Fsp3) is 0.929. The van der Waals surface area contributed by atoms with Crippen molar-refractivity contribution in [3.05, 3.63) is 0 Å². The van der Waals surface area contributed by atoms with Crippen molar-refractivity contribution in [1.29, 1.82) is 0 Å². The Hall–Kier alpha value is 0.0900. The number of esters is 1. The lowest BCUT2D eigenvalue weighted by molar-refractivity contribution is -0.144. The van der Waals surface area contributed by atoms with Gasteiger partial charge in [-0.25, -0.2) is 0 Å². The first kappa shape index (κ1) is 16.5. The van der Waals surface area contributed by atoms with E-state index in [0.29, 0.717) is 13.0 Å². The molecule has 0 bridgehead atoms. The van der Waals surface area contributed by atoms with E-state index in [1.165, 1.54) is 18.6 Å². The maximum Gasteiger partial charge on any atom is 0.305 e. The minimum atomic E-state index is -0.0355. The van der Waals surface area contributed by atoms with Gasteiger partial charge < -0.3 is 9.47 Å². The zero-order valence-corrected chi connectivity index (χ0v) is 13.7. The maximum absolute atomic E-state index is 11.6. The molecule has 0 unspecified atom stereocenters. The van der Waals surface area contributed by atoms with Gasteiger partial charge >= 0.3 is 5.97 Å². The molecule has 6 heteroatoms. The lowest BCUT2D eigenvalue weighted by Crippen LogP contribution is -2.38. The second kappa shape index (κ2) is 9.92. The summed E-state index contributed by atoms with van der Waals surface area (Å²) in [7, 11) is 4.00. The van der Waals surface area contributed by atoms with Crippen LogP contribution in [0.15, 0.2) is 0 Å². The molecule has 0 radical (unpaired) electrons. The van der Waals surface area contributed by atoms with Gasteiger partial charge in [-0.3, -0.25) is 9.69 Å². The Labute approximate surface area is 129 Å². The molecule has 2 fully saturated rings. The number of carbonyl (C=O) groups excluding carboxylic acids is 1. The highest BCUT2D eigenvalue weighted by Gasteiger charge is 2.16. The van der Waals surface area contributed by atoms with Crippen LogP contribution >= 0.6 is 21.6 Å². The first-order valence-corrected chi connectivity index (χ1v) is 9.97. The highest BCUT2D eigenvalue weighted by Crippen LogP contribution is 2.39. The summed E-state index contributed by atoms with van der Waals surface area (Å²) >= 11 is 0. The van der Waals surface area contributed by atoms with Crippen LogP contribution in [0.1, 0.15) is 32.1 Å². The van der Waals surface area contributed by atoms with E-state index in [4.69, 9.17) is 9.47 Å². The quantitative estimate of drug-likeness (QED) is 0.389. The Morgan fingerprint density at radius 2 is 2.15 bits per heavy atom. The molecule has 2 rings (SSSR count). The zero-order chi connectivity index (χ0) is 14.0. The van der Waals surface area contributed by atoms with Crippen molar-refractivity contribution in [2.45, 2.75) is 37.4 Å². The van der Waals surface area contributed by atoms with E-state index in [1.54, 1.807) is 0 Å². The summed E-state index contributed by atoms with van der Waals surface area (Å²) < 4.78 is 10.6. The zero-order valence-electron chi connectivity index (χ0n) is 12.1. The van der Waals surface area contributed by atoms with Gasteiger partial charge in [0.15, 0.2) is 0 Å². The smallest absolute Gasteiger partial charge is 0.305 e. The summed E-state index contributed by atoms with van der Waals surface area (Å²) in [5.41, 5.74) is 0. The van der Waals surface area contributed by atoms with Crippen LogP contribution in [0.2, 0.25) is 0 Å². The van der Waals surface area contributed by atoms with Gasteiger partial charge in [0.1, 0.15) is 6.61 Å². The molecule has 0 N–H and O–H groups in total. The average Bonchev–Trinajstić information content (AvgIpc) is 2.98. The number of nitrogens with zero attached hydrogens (tertiary/aromatic N) is 1. The molecule has 0 aliphatic carbocycles. The molecule has 0 aromatic heterocycles. The Kier molecular flexibility index (Phi) is 8.17. The Morgan fingerprint density at radius 1 is 1.30 bits per heavy atom. The highest BCUT2D eigenvalue weighted by atomic mass is 33.1. The number of rotatable bonds is 8. The summed E-state index contributed by atoms with van der Waals surface area (Å²) in [5.74, 6) is 1.26. The van der Waals surface area contributed by atoms with Crippen molar-refractivity contribution in [3.8, 4) is 0 Å². The molecule has 0 aromatic carbocycles. The molecule has 1 atom stereocenters. The molecule has 4 nitrogen and oxygen atoms in total. The summed E-state index contributed by atoms with van der Waals surface area (Å²) in [4.78, 5) is 13.9. The van der Waals surface area contributed by atoms with Crippen molar-refractivity contribution >= 4 is 27.6 Å². The van der Waals surface area contributed by atoms with E-state index in [0.717, 1.165) is 50.9 Å². The Balaban J connectivity index is 1.41. The van der Waals surface area contributed by atoms with Crippen molar-refractivity contribution in [3.63, 3.8) is 0 Å². The van der Waals surface area contributed by atoms with Gasteiger partial charge in [0.05, 0.1) is 13.2 Å². The SMILES string of the molecule is O=C(CCCC[C@@H]1CCSS1)OCCN1CCOCC1. The minimum Gasteiger partial charge on any atom is -0.464 e. The van der Waals surface area contributed by atoms with Gasteiger partial charge in [-0.05, 0) is 19.3 Å². The van der Waals surface area contributed by atoms with Gasteiger partial charge in [-0.2, -0.15) is 0 Å². The van der Waals surface area contributed by atoms with Crippen molar-refractivity contribution in [2.24, 2.45) is 0 Å². The van der Waals surface area contributed by atoms with E-state index >= 15 is 0 Å². The van der Waals surface area contributed by atoms with E-state index in [9.17, 15) is 4.79 Å². The topological polar surface area (TPSA) is 38.8 Å². The largest absolute Gasteiger partial charge is 0.464 e. The third-order valence-corrected chi connectivity index (χ3v) is 6.67. The number of carbonyl (C=O) groups is 1. The molecule has 2 aliphatic heterocycles. The van der Waals surface area contributed by atoms with Gasteiger partial charge in [0.2, 0.25) is 0 Å². The predicted molar refractivity (Wildman–Crippen MR) is 85.1 cm³/mol. The molecule has 2 saturated heterocycles. The van der Waals surface area contributed by atoms with Crippen molar-refractivity contribution < 1.29 is 14.3 Å². The standard InChI is InChI=1S/C14H25NO3S2/c16-14(4-2-1-3-13-5-12-19-20-13)18-11-8-15-6-9-17-10-7-15/h13H,1-12H2/t13-/m1/s1. The Bertz CT molecular complexity index is 280. The summed E-state index contributed by atoms with van der Waals surface area (Å²) in [6.45, 7) is 4.86. The third kappa shape index (κ3) is 6.70. The van der Waals surface area contributed by atoms with E-state index < -0.39 is 0 Å². The van der Waals surface area contributed by atoms with Crippen LogP contribution in [0.5, 0.6) is 0 Å². The fourth-order valence-corrected chi connectivity index (χ4v) is 5.42. The molecule has 2 heterocycles. The molecular formula is C14H25NO3S2. The number of hydrogen-bond acceptors (Lipinski definition) is 6. The molecular weight excluding hydrogens is 294 g/mol. The van der Waals surface area contributed by atoms with Crippen LogP contribution in [-0.4, -0.2) is 61.3 Å². The predicted octanol–water partition coefficient (Wildman–Crippen LogP) is 2.58. The lowest BCUT2D eigenvalue weighted by atomic mass is 10.1. The number of hydrogen-bond donors (Lipinski definition) is 0. The number of unbranched alkanes of at least 4 members (excludes halogenated alkanes) is 1. The van der Waals surface area contributed by atoms with Gasteiger partial charge in [0, 0.05) is 37.1 Å². The molecule has 116 valence electrons.